The first-order chi connectivity index (χ1) is 14.2. The van der Waals surface area contributed by atoms with Crippen LogP contribution >= 0.6 is 11.3 Å². The van der Waals surface area contributed by atoms with Crippen LogP contribution in [0.2, 0.25) is 0 Å². The summed E-state index contributed by atoms with van der Waals surface area (Å²) >= 11 is 1.74. The molecule has 2 aromatic heterocycles. The molecule has 1 saturated heterocycles. The number of likely N-dealkylation sites (tertiary alicyclic amines) is 1. The third-order valence-electron chi connectivity index (χ3n) is 4.98. The highest BCUT2D eigenvalue weighted by Gasteiger charge is 2.25. The van der Waals surface area contributed by atoms with E-state index in [4.69, 9.17) is 4.74 Å². The van der Waals surface area contributed by atoms with E-state index < -0.39 is 0 Å². The number of hydrogen-bond acceptors (Lipinski definition) is 6. The average molecular weight is 409 g/mol. The molecule has 1 aliphatic rings. The highest BCUT2D eigenvalue weighted by atomic mass is 32.1. The monoisotopic (exact) mass is 408 g/mol. The number of ether oxygens (including phenoxy) is 1. The van der Waals surface area contributed by atoms with Crippen LogP contribution in [0.4, 0.5) is 5.69 Å². The molecule has 1 N–H and O–H groups in total. The second kappa shape index (κ2) is 9.15. The summed E-state index contributed by atoms with van der Waals surface area (Å²) in [6.07, 6.45) is 5.33. The molecule has 1 fully saturated rings. The quantitative estimate of drug-likeness (QED) is 0.651. The summed E-state index contributed by atoms with van der Waals surface area (Å²) in [6, 6.07) is 13.1. The van der Waals surface area contributed by atoms with Gasteiger partial charge in [-0.2, -0.15) is 0 Å². The number of carbonyl (C=O) groups is 1. The number of nitrogens with zero attached hydrogens (tertiary/aromatic N) is 3. The Morgan fingerprint density at radius 3 is 2.59 bits per heavy atom. The van der Waals surface area contributed by atoms with Gasteiger partial charge in [-0.1, -0.05) is 18.2 Å². The summed E-state index contributed by atoms with van der Waals surface area (Å²) in [4.78, 5) is 24.9. The zero-order valence-corrected chi connectivity index (χ0v) is 17.2. The van der Waals surface area contributed by atoms with Gasteiger partial charge in [-0.25, -0.2) is 9.97 Å². The summed E-state index contributed by atoms with van der Waals surface area (Å²) in [5.74, 6) is 1.34. The Kier molecular flexibility index (Phi) is 6.17. The van der Waals surface area contributed by atoms with Gasteiger partial charge in [0.2, 0.25) is 11.8 Å². The second-order valence-electron chi connectivity index (χ2n) is 7.19. The Balaban J connectivity index is 1.25. The van der Waals surface area contributed by atoms with Crippen molar-refractivity contribution in [2.75, 3.05) is 18.4 Å². The molecule has 6 nitrogen and oxygen atoms in total. The van der Waals surface area contributed by atoms with E-state index in [-0.39, 0.29) is 11.8 Å². The third-order valence-corrected chi connectivity index (χ3v) is 5.87. The number of nitrogens with one attached hydrogen (secondary N) is 1. The van der Waals surface area contributed by atoms with Gasteiger partial charge in [0.1, 0.15) is 5.75 Å². The van der Waals surface area contributed by atoms with Crippen molar-refractivity contribution in [2.24, 2.45) is 5.92 Å². The fraction of sp³-hybridized carbons (Fsp3) is 0.318. The molecule has 0 atom stereocenters. The Labute approximate surface area is 174 Å². The molecule has 3 heterocycles. The van der Waals surface area contributed by atoms with E-state index in [1.165, 1.54) is 4.88 Å². The molecule has 29 heavy (non-hydrogen) atoms. The number of aromatic nitrogens is 2. The number of rotatable bonds is 6. The lowest BCUT2D eigenvalue weighted by Crippen LogP contribution is -2.37. The summed E-state index contributed by atoms with van der Waals surface area (Å²) in [5.41, 5.74) is 0.693. The van der Waals surface area contributed by atoms with E-state index in [1.54, 1.807) is 23.6 Å². The number of hydrogen-bond donors (Lipinski definition) is 1. The number of amides is 1. The molecule has 4 rings (SSSR count). The Hall–Kier alpha value is -2.77. The smallest absolute Gasteiger partial charge is 0.227 e. The second-order valence-corrected chi connectivity index (χ2v) is 8.50. The first-order valence-electron chi connectivity index (χ1n) is 9.79. The summed E-state index contributed by atoms with van der Waals surface area (Å²) in [6.45, 7) is 4.81. The molecular formula is C22H24N4O2S. The first-order valence-corrected chi connectivity index (χ1v) is 10.6. The third kappa shape index (κ3) is 5.40. The van der Waals surface area contributed by atoms with Crippen molar-refractivity contribution in [1.29, 1.82) is 0 Å². The minimum Gasteiger partial charge on any atom is -0.439 e. The molecule has 0 saturated carbocycles. The van der Waals surface area contributed by atoms with Gasteiger partial charge >= 0.3 is 0 Å². The number of anilines is 1. The zero-order chi connectivity index (χ0) is 20.1. The van der Waals surface area contributed by atoms with E-state index in [2.05, 4.69) is 20.2 Å². The van der Waals surface area contributed by atoms with Crippen molar-refractivity contribution in [3.63, 3.8) is 0 Å². The van der Waals surface area contributed by atoms with Crippen LogP contribution in [0.3, 0.4) is 0 Å². The van der Waals surface area contributed by atoms with E-state index in [9.17, 15) is 4.79 Å². The van der Waals surface area contributed by atoms with Gasteiger partial charge in [-0.15, -0.1) is 11.3 Å². The zero-order valence-electron chi connectivity index (χ0n) is 16.4. The number of piperidine rings is 1. The van der Waals surface area contributed by atoms with Crippen molar-refractivity contribution in [1.82, 2.24) is 14.9 Å². The Morgan fingerprint density at radius 2 is 1.93 bits per heavy atom. The van der Waals surface area contributed by atoms with Crippen LogP contribution in [0.15, 0.2) is 54.9 Å². The summed E-state index contributed by atoms with van der Waals surface area (Å²) < 4.78 is 5.68. The van der Waals surface area contributed by atoms with Crippen molar-refractivity contribution in [3.8, 4) is 11.6 Å². The normalized spacial score (nSPS) is 15.2. The van der Waals surface area contributed by atoms with E-state index in [0.29, 0.717) is 11.6 Å². The van der Waals surface area contributed by atoms with Crippen LogP contribution in [0, 0.1) is 12.8 Å². The van der Waals surface area contributed by atoms with Crippen LogP contribution < -0.4 is 10.1 Å². The molecule has 0 spiro atoms. The average Bonchev–Trinajstić information content (AvgIpc) is 3.15. The lowest BCUT2D eigenvalue weighted by molar-refractivity contribution is -0.121. The first kappa shape index (κ1) is 19.5. The van der Waals surface area contributed by atoms with E-state index >= 15 is 0 Å². The van der Waals surface area contributed by atoms with Crippen molar-refractivity contribution >= 4 is 22.9 Å². The Bertz CT molecular complexity index is 935. The van der Waals surface area contributed by atoms with Crippen LogP contribution in [-0.2, 0) is 11.3 Å². The fourth-order valence-corrected chi connectivity index (χ4v) is 4.26. The van der Waals surface area contributed by atoms with Crippen LogP contribution in [0.25, 0.3) is 0 Å². The number of pyridine rings is 1. The van der Waals surface area contributed by atoms with E-state index in [1.807, 2.05) is 49.5 Å². The molecule has 0 radical (unpaired) electrons. The SMILES string of the molecule is Cc1ncc(CN2CCC(C(=O)Nc3ccc(Oc4ccccc4)nc3)CC2)s1. The van der Waals surface area contributed by atoms with Crippen molar-refractivity contribution in [3.05, 3.63) is 64.7 Å². The maximum atomic E-state index is 12.6. The molecule has 1 aromatic carbocycles. The molecule has 0 aliphatic carbocycles. The molecule has 150 valence electrons. The van der Waals surface area contributed by atoms with Gasteiger partial charge in [0, 0.05) is 29.6 Å². The number of thiazole rings is 1. The molecule has 7 heteroatoms. The van der Waals surface area contributed by atoms with Crippen molar-refractivity contribution < 1.29 is 9.53 Å². The predicted molar refractivity (Wildman–Crippen MR) is 114 cm³/mol. The predicted octanol–water partition coefficient (Wildman–Crippen LogP) is 4.49. The largest absolute Gasteiger partial charge is 0.439 e. The summed E-state index contributed by atoms with van der Waals surface area (Å²) in [5, 5.41) is 4.09. The van der Waals surface area contributed by atoms with Crippen LogP contribution in [-0.4, -0.2) is 33.9 Å². The Morgan fingerprint density at radius 1 is 1.14 bits per heavy atom. The van der Waals surface area contributed by atoms with Crippen LogP contribution in [0.5, 0.6) is 11.6 Å². The lowest BCUT2D eigenvalue weighted by Gasteiger charge is -2.30. The number of aryl methyl sites for hydroxylation is 1. The highest BCUT2D eigenvalue weighted by Crippen LogP contribution is 2.24. The van der Waals surface area contributed by atoms with Crippen LogP contribution in [0.1, 0.15) is 22.7 Å². The molecule has 1 aliphatic heterocycles. The standard InChI is InChI=1S/C22H24N4O2S/c1-16-23-14-20(29-16)15-26-11-9-17(10-12-26)22(27)25-18-7-8-21(24-13-18)28-19-5-3-2-4-6-19/h2-8,13-14,17H,9-12,15H2,1H3,(H,25,27). The van der Waals surface area contributed by atoms with E-state index in [0.717, 1.165) is 43.2 Å². The minimum atomic E-state index is 0.0368. The van der Waals surface area contributed by atoms with Gasteiger partial charge < -0.3 is 10.1 Å². The number of para-hydroxylation sites is 1. The number of carbonyl (C=O) groups excluding carboxylic acids is 1. The maximum Gasteiger partial charge on any atom is 0.227 e. The van der Waals surface area contributed by atoms with Gasteiger partial charge in [0.25, 0.3) is 0 Å². The lowest BCUT2D eigenvalue weighted by atomic mass is 9.96. The molecule has 1 amide bonds. The number of benzene rings is 1. The molecule has 3 aromatic rings. The van der Waals surface area contributed by atoms with Gasteiger partial charge in [-0.05, 0) is 51.1 Å². The van der Waals surface area contributed by atoms with Gasteiger partial charge in [-0.3, -0.25) is 9.69 Å². The maximum absolute atomic E-state index is 12.6. The van der Waals surface area contributed by atoms with Gasteiger partial charge in [0.15, 0.2) is 0 Å². The molecule has 0 bridgehead atoms. The molecule has 0 unspecified atom stereocenters. The minimum absolute atomic E-state index is 0.0368. The topological polar surface area (TPSA) is 67.4 Å². The molecular weight excluding hydrogens is 384 g/mol. The fourth-order valence-electron chi connectivity index (χ4n) is 3.42. The summed E-state index contributed by atoms with van der Waals surface area (Å²) in [7, 11) is 0. The van der Waals surface area contributed by atoms with Gasteiger partial charge in [0.05, 0.1) is 16.9 Å². The highest BCUT2D eigenvalue weighted by molar-refractivity contribution is 7.11. The van der Waals surface area contributed by atoms with Crippen molar-refractivity contribution in [2.45, 2.75) is 26.3 Å².